The van der Waals surface area contributed by atoms with E-state index in [9.17, 15) is 9.59 Å². The van der Waals surface area contributed by atoms with Crippen LogP contribution in [0.25, 0.3) is 0 Å². The zero-order valence-corrected chi connectivity index (χ0v) is 16.2. The molecule has 0 radical (unpaired) electrons. The third kappa shape index (κ3) is 5.80. The molecule has 2 aliphatic rings. The number of carbonyl (C=O) groups is 2. The standard InChI is InChI=1S/C22H32N2O3/c25-17-19-7-5-18(6-8-19)15-20-11-14-24(16-20)22(27)10-9-21(26)23-12-3-1-2-4-13-23/h5-8,20,25H,1-4,9-17H2/t20-/m1/s1. The van der Waals surface area contributed by atoms with E-state index in [-0.39, 0.29) is 18.4 Å². The maximum Gasteiger partial charge on any atom is 0.223 e. The van der Waals surface area contributed by atoms with Crippen molar-refractivity contribution in [3.05, 3.63) is 35.4 Å². The molecule has 0 unspecified atom stereocenters. The Morgan fingerprint density at radius 3 is 2.07 bits per heavy atom. The summed E-state index contributed by atoms with van der Waals surface area (Å²) in [5.41, 5.74) is 2.18. The van der Waals surface area contributed by atoms with Crippen molar-refractivity contribution in [2.45, 2.75) is 58.0 Å². The Morgan fingerprint density at radius 2 is 1.44 bits per heavy atom. The molecule has 3 rings (SSSR count). The van der Waals surface area contributed by atoms with Crippen LogP contribution < -0.4 is 0 Å². The molecule has 5 heteroatoms. The average Bonchev–Trinajstić information content (AvgIpc) is 2.98. The number of hydrogen-bond acceptors (Lipinski definition) is 3. The molecular weight excluding hydrogens is 340 g/mol. The van der Waals surface area contributed by atoms with E-state index >= 15 is 0 Å². The van der Waals surface area contributed by atoms with Crippen LogP contribution in [0.3, 0.4) is 0 Å². The second-order valence-corrected chi connectivity index (χ2v) is 7.97. The van der Waals surface area contributed by atoms with Gasteiger partial charge in [0.25, 0.3) is 0 Å². The monoisotopic (exact) mass is 372 g/mol. The molecule has 0 spiro atoms. The van der Waals surface area contributed by atoms with Crippen molar-refractivity contribution in [1.82, 2.24) is 9.80 Å². The van der Waals surface area contributed by atoms with Crippen molar-refractivity contribution in [2.75, 3.05) is 26.2 Å². The smallest absolute Gasteiger partial charge is 0.223 e. The first-order valence-corrected chi connectivity index (χ1v) is 10.4. The minimum atomic E-state index is 0.0716. The van der Waals surface area contributed by atoms with E-state index in [0.29, 0.717) is 18.8 Å². The lowest BCUT2D eigenvalue weighted by atomic mass is 9.98. The summed E-state index contributed by atoms with van der Waals surface area (Å²) in [6, 6.07) is 8.05. The maximum atomic E-state index is 12.5. The predicted molar refractivity (Wildman–Crippen MR) is 105 cm³/mol. The van der Waals surface area contributed by atoms with Gasteiger partial charge in [0.05, 0.1) is 6.61 Å². The van der Waals surface area contributed by atoms with Gasteiger partial charge >= 0.3 is 0 Å². The van der Waals surface area contributed by atoms with Crippen LogP contribution in [0.4, 0.5) is 0 Å². The number of hydrogen-bond donors (Lipinski definition) is 1. The first kappa shape index (κ1) is 19.9. The Kier molecular flexibility index (Phi) is 7.27. The van der Waals surface area contributed by atoms with Gasteiger partial charge in [-0.05, 0) is 42.7 Å². The summed E-state index contributed by atoms with van der Waals surface area (Å²) in [7, 11) is 0. The molecule has 1 aromatic carbocycles. The minimum absolute atomic E-state index is 0.0716. The summed E-state index contributed by atoms with van der Waals surface area (Å²) >= 11 is 0. The lowest BCUT2D eigenvalue weighted by molar-refractivity contribution is -0.136. The third-order valence-electron chi connectivity index (χ3n) is 5.88. The quantitative estimate of drug-likeness (QED) is 0.835. The van der Waals surface area contributed by atoms with E-state index in [1.807, 2.05) is 21.9 Å². The molecule has 0 aromatic heterocycles. The first-order valence-electron chi connectivity index (χ1n) is 10.4. The predicted octanol–water partition coefficient (Wildman–Crippen LogP) is 2.75. The van der Waals surface area contributed by atoms with E-state index in [0.717, 1.165) is 57.4 Å². The SMILES string of the molecule is O=C(CCC(=O)N1CC[C@H](Cc2ccc(CO)cc2)C1)N1CCCCCC1. The van der Waals surface area contributed by atoms with Crippen LogP contribution in [0.1, 0.15) is 56.1 Å². The molecule has 27 heavy (non-hydrogen) atoms. The van der Waals surface area contributed by atoms with Gasteiger partial charge in [0.15, 0.2) is 0 Å². The number of aliphatic hydroxyl groups is 1. The van der Waals surface area contributed by atoms with Crippen molar-refractivity contribution in [3.63, 3.8) is 0 Å². The molecule has 2 heterocycles. The zero-order chi connectivity index (χ0) is 19.1. The van der Waals surface area contributed by atoms with E-state index in [2.05, 4.69) is 12.1 Å². The number of likely N-dealkylation sites (tertiary alicyclic amines) is 2. The van der Waals surface area contributed by atoms with Gasteiger partial charge in [-0.2, -0.15) is 0 Å². The Morgan fingerprint density at radius 1 is 0.852 bits per heavy atom. The van der Waals surface area contributed by atoms with Gasteiger partial charge in [0, 0.05) is 39.0 Å². The zero-order valence-electron chi connectivity index (χ0n) is 16.2. The number of aliphatic hydroxyl groups excluding tert-OH is 1. The van der Waals surface area contributed by atoms with Gasteiger partial charge in [-0.3, -0.25) is 9.59 Å². The lowest BCUT2D eigenvalue weighted by Gasteiger charge is -2.21. The van der Waals surface area contributed by atoms with Gasteiger partial charge < -0.3 is 14.9 Å². The molecule has 1 atom stereocenters. The Balaban J connectivity index is 1.41. The van der Waals surface area contributed by atoms with Gasteiger partial charge in [-0.15, -0.1) is 0 Å². The van der Waals surface area contributed by atoms with Crippen LogP contribution in [-0.4, -0.2) is 52.9 Å². The highest BCUT2D eigenvalue weighted by Crippen LogP contribution is 2.22. The van der Waals surface area contributed by atoms with E-state index < -0.39 is 0 Å². The van der Waals surface area contributed by atoms with Gasteiger partial charge in [0.1, 0.15) is 0 Å². The molecule has 2 fully saturated rings. The molecule has 1 N–H and O–H groups in total. The minimum Gasteiger partial charge on any atom is -0.392 e. The van der Waals surface area contributed by atoms with Crippen LogP contribution in [0.2, 0.25) is 0 Å². The highest BCUT2D eigenvalue weighted by molar-refractivity contribution is 5.84. The number of nitrogens with zero attached hydrogens (tertiary/aromatic N) is 2. The Bertz CT molecular complexity index is 621. The van der Waals surface area contributed by atoms with Gasteiger partial charge in [-0.25, -0.2) is 0 Å². The largest absolute Gasteiger partial charge is 0.392 e. The number of rotatable bonds is 6. The molecule has 2 saturated heterocycles. The Hall–Kier alpha value is -1.88. The van der Waals surface area contributed by atoms with Crippen molar-refractivity contribution in [1.29, 1.82) is 0 Å². The molecule has 5 nitrogen and oxygen atoms in total. The number of carbonyl (C=O) groups excluding carboxylic acids is 2. The van der Waals surface area contributed by atoms with Crippen LogP contribution in [0.5, 0.6) is 0 Å². The molecule has 1 aromatic rings. The Labute approximate surface area is 162 Å². The number of benzene rings is 1. The van der Waals surface area contributed by atoms with Crippen LogP contribution in [0, 0.1) is 5.92 Å². The second-order valence-electron chi connectivity index (χ2n) is 7.97. The van der Waals surface area contributed by atoms with Crippen LogP contribution >= 0.6 is 0 Å². The van der Waals surface area contributed by atoms with Crippen molar-refractivity contribution in [3.8, 4) is 0 Å². The van der Waals surface area contributed by atoms with E-state index in [1.54, 1.807) is 0 Å². The van der Waals surface area contributed by atoms with Crippen molar-refractivity contribution >= 4 is 11.8 Å². The maximum absolute atomic E-state index is 12.5. The summed E-state index contributed by atoms with van der Waals surface area (Å²) in [4.78, 5) is 28.8. The highest BCUT2D eigenvalue weighted by atomic mass is 16.3. The van der Waals surface area contributed by atoms with Crippen molar-refractivity contribution in [2.24, 2.45) is 5.92 Å². The highest BCUT2D eigenvalue weighted by Gasteiger charge is 2.27. The second kappa shape index (κ2) is 9.88. The van der Waals surface area contributed by atoms with Crippen LogP contribution in [0.15, 0.2) is 24.3 Å². The molecular formula is C22H32N2O3. The summed E-state index contributed by atoms with van der Waals surface area (Å²) in [6.07, 6.45) is 7.27. The molecule has 0 saturated carbocycles. The number of amides is 2. The van der Waals surface area contributed by atoms with E-state index in [4.69, 9.17) is 5.11 Å². The lowest BCUT2D eigenvalue weighted by Crippen LogP contribution is -2.34. The summed E-state index contributed by atoms with van der Waals surface area (Å²) < 4.78 is 0. The molecule has 0 bridgehead atoms. The summed E-state index contributed by atoms with van der Waals surface area (Å²) in [6.45, 7) is 3.37. The van der Waals surface area contributed by atoms with Crippen molar-refractivity contribution < 1.29 is 14.7 Å². The fourth-order valence-corrected chi connectivity index (χ4v) is 4.19. The summed E-state index contributed by atoms with van der Waals surface area (Å²) in [5, 5.41) is 9.12. The third-order valence-corrected chi connectivity index (χ3v) is 5.88. The van der Waals surface area contributed by atoms with Gasteiger partial charge in [0.2, 0.25) is 11.8 Å². The van der Waals surface area contributed by atoms with Crippen LogP contribution in [-0.2, 0) is 22.6 Å². The average molecular weight is 373 g/mol. The van der Waals surface area contributed by atoms with Gasteiger partial charge in [-0.1, -0.05) is 37.1 Å². The molecule has 0 aliphatic carbocycles. The normalized spacial score (nSPS) is 20.6. The topological polar surface area (TPSA) is 60.9 Å². The first-order chi connectivity index (χ1) is 13.2. The van der Waals surface area contributed by atoms with E-state index in [1.165, 1.54) is 18.4 Å². The molecule has 2 aliphatic heterocycles. The molecule has 2 amide bonds. The summed E-state index contributed by atoms with van der Waals surface area (Å²) in [5.74, 6) is 0.747. The molecule has 148 valence electrons. The fourth-order valence-electron chi connectivity index (χ4n) is 4.19. The fraction of sp³-hybridized carbons (Fsp3) is 0.636.